The number of thiazole rings is 1. The van der Waals surface area contributed by atoms with Crippen LogP contribution in [0.25, 0.3) is 22.3 Å². The minimum Gasteiger partial charge on any atom is -0.492 e. The Morgan fingerprint density at radius 2 is 1.76 bits per heavy atom. The van der Waals surface area contributed by atoms with Gasteiger partial charge in [0.25, 0.3) is 0 Å². The Morgan fingerprint density at radius 1 is 1.00 bits per heavy atom. The van der Waals surface area contributed by atoms with Crippen LogP contribution in [0, 0.1) is 40.4 Å². The molecule has 2 aliphatic heterocycles. The van der Waals surface area contributed by atoms with Crippen LogP contribution in [0.1, 0.15) is 97.9 Å². The predicted molar refractivity (Wildman–Crippen MR) is 235 cm³/mol. The summed E-state index contributed by atoms with van der Waals surface area (Å²) in [6.45, 7) is 16.6. The van der Waals surface area contributed by atoms with E-state index >= 15 is 0 Å². The van der Waals surface area contributed by atoms with Crippen LogP contribution in [0.2, 0.25) is 0 Å². The zero-order chi connectivity index (χ0) is 43.9. The number of carbonyl (C=O) groups is 4. The van der Waals surface area contributed by atoms with Crippen molar-refractivity contribution in [3.8, 4) is 22.9 Å². The summed E-state index contributed by atoms with van der Waals surface area (Å²) in [5, 5.41) is 14.1. The molecule has 1 N–H and O–H groups in total. The van der Waals surface area contributed by atoms with Gasteiger partial charge in [0.15, 0.2) is 5.78 Å². The number of fused-ring (bicyclic) bond motifs is 2. The molecular formula is C48H64N4O9S. The van der Waals surface area contributed by atoms with E-state index in [4.69, 9.17) is 28.9 Å². The van der Waals surface area contributed by atoms with Gasteiger partial charge in [-0.2, -0.15) is 0 Å². The molecule has 8 atom stereocenters. The molecule has 336 valence electrons. The molecule has 2 saturated heterocycles. The fraction of sp³-hybridized carbons (Fsp3) is 0.667. The number of likely N-dealkylation sites (tertiary alicyclic amines) is 1. The van der Waals surface area contributed by atoms with E-state index in [0.717, 1.165) is 68.2 Å². The van der Waals surface area contributed by atoms with Crippen molar-refractivity contribution in [3.63, 3.8) is 0 Å². The number of pyridine rings is 1. The molecule has 0 bridgehead atoms. The molecule has 1 amide bonds. The van der Waals surface area contributed by atoms with Crippen LogP contribution in [0.5, 0.6) is 11.5 Å². The van der Waals surface area contributed by atoms with Gasteiger partial charge in [-0.25, -0.2) is 9.97 Å². The number of nitrogens with zero attached hydrogens (tertiary/aromatic N) is 4. The minimum absolute atomic E-state index is 0.0945. The van der Waals surface area contributed by atoms with Gasteiger partial charge >= 0.3 is 11.9 Å². The van der Waals surface area contributed by atoms with Crippen molar-refractivity contribution in [3.05, 3.63) is 34.7 Å². The molecule has 3 aliphatic carbocycles. The number of rotatable bonds is 18. The number of aromatic nitrogens is 2. The maximum atomic E-state index is 14.9. The lowest BCUT2D eigenvalue weighted by atomic mass is 9.77. The molecule has 1 aromatic carbocycles. The van der Waals surface area contributed by atoms with Gasteiger partial charge in [0, 0.05) is 61.8 Å². The Hall–Kier alpha value is -4.14. The third kappa shape index (κ3) is 9.97. The second-order valence-corrected chi connectivity index (χ2v) is 21.0. The Morgan fingerprint density at radius 3 is 2.44 bits per heavy atom. The molecule has 2 unspecified atom stereocenters. The Kier molecular flexibility index (Phi) is 13.0. The smallest absolute Gasteiger partial charge is 0.310 e. The van der Waals surface area contributed by atoms with Gasteiger partial charge in [0.05, 0.1) is 65.5 Å². The number of Topliss-reactive ketones (excluding diaryl/α,β-unsaturated/α-hetero) is 1. The minimum atomic E-state index is -1.13. The second kappa shape index (κ2) is 18.2. The number of morpholine rings is 1. The highest BCUT2D eigenvalue weighted by atomic mass is 32.1. The predicted octanol–water partition coefficient (Wildman–Crippen LogP) is 7.47. The zero-order valence-electron chi connectivity index (χ0n) is 37.2. The lowest BCUT2D eigenvalue weighted by molar-refractivity contribution is -0.157. The highest BCUT2D eigenvalue weighted by Crippen LogP contribution is 2.58. The summed E-state index contributed by atoms with van der Waals surface area (Å²) in [4.78, 5) is 69.3. The first-order valence-corrected chi connectivity index (χ1v) is 23.7. The lowest BCUT2D eigenvalue weighted by Gasteiger charge is -2.35. The van der Waals surface area contributed by atoms with Gasteiger partial charge in [-0.1, -0.05) is 48.0 Å². The first-order valence-electron chi connectivity index (χ1n) is 22.8. The molecule has 8 rings (SSSR count). The normalized spacial score (nSPS) is 27.6. The number of hydrogen-bond donors (Lipinski definition) is 1. The van der Waals surface area contributed by atoms with Crippen LogP contribution in [-0.2, 0) is 35.1 Å². The van der Waals surface area contributed by atoms with E-state index in [1.165, 1.54) is 6.42 Å². The summed E-state index contributed by atoms with van der Waals surface area (Å²) in [7, 11) is 0. The maximum Gasteiger partial charge on any atom is 0.310 e. The van der Waals surface area contributed by atoms with Gasteiger partial charge in [0.2, 0.25) is 5.91 Å². The molecule has 3 aromatic rings. The maximum absolute atomic E-state index is 14.9. The first kappa shape index (κ1) is 44.5. The van der Waals surface area contributed by atoms with Crippen LogP contribution in [0.4, 0.5) is 0 Å². The zero-order valence-corrected chi connectivity index (χ0v) is 38.0. The van der Waals surface area contributed by atoms with E-state index in [2.05, 4.69) is 18.7 Å². The average molecular weight is 873 g/mol. The number of carbonyl (C=O) groups excluding carboxylic acids is 3. The molecule has 13 nitrogen and oxygen atoms in total. The fourth-order valence-electron chi connectivity index (χ4n) is 10.1. The van der Waals surface area contributed by atoms with Gasteiger partial charge in [-0.3, -0.25) is 24.1 Å². The number of aliphatic carboxylic acids is 1. The largest absolute Gasteiger partial charge is 0.492 e. The number of carboxylic acids is 1. The van der Waals surface area contributed by atoms with Gasteiger partial charge in [-0.15, -0.1) is 11.3 Å². The molecule has 4 heterocycles. The molecular weight excluding hydrogens is 809 g/mol. The van der Waals surface area contributed by atoms with Crippen LogP contribution in [0.3, 0.4) is 0 Å². The summed E-state index contributed by atoms with van der Waals surface area (Å²) in [6.07, 6.45) is 4.11. The number of amides is 1. The molecule has 14 heteroatoms. The van der Waals surface area contributed by atoms with Crippen molar-refractivity contribution in [2.45, 2.75) is 118 Å². The van der Waals surface area contributed by atoms with E-state index in [-0.39, 0.29) is 49.5 Å². The van der Waals surface area contributed by atoms with E-state index in [9.17, 15) is 24.3 Å². The standard InChI is InChI=1S/C48H64N4O9S/c1-7-31-24-48(31,46(56)57)25-41(53)40-21-34(26-52(40)45(55)36(47(4,5)6)22-44(54)61-33-18-29-17-30(29)19-33)60-42-23-38(39-27-62-43(50-39)16-28(2)3)49-37-20-32(8-9-35(37)42)59-15-12-51-10-13-58-14-11-51/h8-9,20,23,27-31,33-34,36,40H,7,10-19,21-22,24-26H2,1-6H3,(H,56,57)/t29-,30+,31-,33?,34-,36?,40+,48-/m1/s1. The quantitative estimate of drug-likeness (QED) is 0.126. The summed E-state index contributed by atoms with van der Waals surface area (Å²) in [5.74, 6) is 0.110. The summed E-state index contributed by atoms with van der Waals surface area (Å²) in [6, 6.07) is 6.72. The third-order valence-corrected chi connectivity index (χ3v) is 14.9. The first-order chi connectivity index (χ1) is 29.6. The van der Waals surface area contributed by atoms with E-state index in [0.29, 0.717) is 59.9 Å². The molecule has 0 radical (unpaired) electrons. The number of esters is 1. The topological polar surface area (TPSA) is 158 Å². The number of hydrogen-bond acceptors (Lipinski definition) is 12. The summed E-state index contributed by atoms with van der Waals surface area (Å²) in [5.41, 5.74) is 0.265. The van der Waals surface area contributed by atoms with Gasteiger partial charge < -0.3 is 29.0 Å². The van der Waals surface area contributed by atoms with Gasteiger partial charge in [0.1, 0.15) is 30.3 Å². The van der Waals surface area contributed by atoms with Crippen LogP contribution in [-0.4, -0.2) is 113 Å². The Bertz CT molecular complexity index is 2140. The SMILES string of the molecule is CC[C@@H]1C[C@]1(CC(=O)[C@@H]1C[C@@H](Oc2cc(-c3csc(CC(C)C)n3)nc3cc(OCCN4CCOCC4)ccc23)CN1C(=O)C(CC(=O)OC1C[C@@H]2C[C@@H]2C1)C(C)(C)C)C(=O)O. The number of benzene rings is 1. The number of carboxylic acid groups (broad SMARTS) is 1. The van der Waals surface area contributed by atoms with Crippen molar-refractivity contribution < 1.29 is 43.2 Å². The molecule has 2 aromatic heterocycles. The molecule has 5 aliphatic rings. The van der Waals surface area contributed by atoms with Crippen molar-refractivity contribution in [1.29, 1.82) is 0 Å². The van der Waals surface area contributed by atoms with Crippen LogP contribution in [0.15, 0.2) is 29.6 Å². The van der Waals surface area contributed by atoms with Crippen LogP contribution >= 0.6 is 11.3 Å². The van der Waals surface area contributed by atoms with Crippen LogP contribution < -0.4 is 9.47 Å². The monoisotopic (exact) mass is 872 g/mol. The van der Waals surface area contributed by atoms with E-state index in [1.54, 1.807) is 16.2 Å². The molecule has 62 heavy (non-hydrogen) atoms. The highest BCUT2D eigenvalue weighted by molar-refractivity contribution is 7.09. The molecule has 0 spiro atoms. The second-order valence-electron chi connectivity index (χ2n) is 20.1. The molecule has 3 saturated carbocycles. The van der Waals surface area contributed by atoms with Crippen molar-refractivity contribution in [2.24, 2.45) is 40.4 Å². The van der Waals surface area contributed by atoms with Crippen molar-refractivity contribution >= 4 is 45.9 Å². The van der Waals surface area contributed by atoms with Gasteiger partial charge in [-0.05, 0) is 66.9 Å². The van der Waals surface area contributed by atoms with Crippen molar-refractivity contribution in [1.82, 2.24) is 19.8 Å². The Balaban J connectivity index is 1.07. The average Bonchev–Trinajstić information content (AvgIpc) is 3.89. The van der Waals surface area contributed by atoms with Crippen molar-refractivity contribution in [2.75, 3.05) is 46.0 Å². The fourth-order valence-corrected chi connectivity index (χ4v) is 11.1. The van der Waals surface area contributed by atoms with E-state index in [1.807, 2.05) is 57.3 Å². The Labute approximate surface area is 369 Å². The van der Waals surface area contributed by atoms with E-state index < -0.39 is 40.8 Å². The highest BCUT2D eigenvalue weighted by Gasteiger charge is 2.61. The number of ether oxygens (including phenoxy) is 4. The molecule has 5 fully saturated rings. The number of ketones is 1. The summed E-state index contributed by atoms with van der Waals surface area (Å²) >= 11 is 1.60. The third-order valence-electron chi connectivity index (χ3n) is 14.0. The summed E-state index contributed by atoms with van der Waals surface area (Å²) < 4.78 is 24.5. The lowest BCUT2D eigenvalue weighted by Crippen LogP contribution is -2.48.